The second kappa shape index (κ2) is 9.09. The Balaban J connectivity index is 1.99. The van der Waals surface area contributed by atoms with Gasteiger partial charge in [0.2, 0.25) is 5.82 Å². The highest BCUT2D eigenvalue weighted by molar-refractivity contribution is 5.81. The molecule has 27 heavy (non-hydrogen) atoms. The predicted molar refractivity (Wildman–Crippen MR) is 96.2 cm³/mol. The number of carboxylic acids is 1. The average Bonchev–Trinajstić information content (AvgIpc) is 2.65. The van der Waals surface area contributed by atoms with E-state index in [2.05, 4.69) is 10.0 Å². The molecule has 7 nitrogen and oxygen atoms in total. The third-order valence-corrected chi connectivity index (χ3v) is 4.55. The van der Waals surface area contributed by atoms with E-state index in [-0.39, 0.29) is 17.9 Å². The van der Waals surface area contributed by atoms with E-state index in [1.165, 1.54) is 38.0 Å². The molecule has 0 bridgehead atoms. The third kappa shape index (κ3) is 5.36. The van der Waals surface area contributed by atoms with Gasteiger partial charge in [0.05, 0.1) is 19.4 Å². The minimum atomic E-state index is -1.28. The van der Waals surface area contributed by atoms with Crippen LogP contribution in [-0.4, -0.2) is 79.2 Å². The van der Waals surface area contributed by atoms with Gasteiger partial charge in [0.25, 0.3) is 0 Å². The zero-order valence-electron chi connectivity index (χ0n) is 15.7. The number of likely N-dealkylation sites (N-methyl/N-ethyl adjacent to an activating group) is 1. The number of carboxylic acid groups (broad SMARTS) is 1. The van der Waals surface area contributed by atoms with Crippen molar-refractivity contribution in [2.45, 2.75) is 19.4 Å². The van der Waals surface area contributed by atoms with Crippen molar-refractivity contribution in [2.24, 2.45) is 5.10 Å². The van der Waals surface area contributed by atoms with Gasteiger partial charge in [0, 0.05) is 32.2 Å². The Kier molecular flexibility index (Phi) is 7.09. The van der Waals surface area contributed by atoms with Crippen molar-refractivity contribution in [1.82, 2.24) is 9.91 Å². The molecule has 1 N–H and O–H groups in total. The molecule has 0 radical (unpaired) electrons. The number of carbonyl (C=O) groups is 1. The first kappa shape index (κ1) is 21.0. The summed E-state index contributed by atoms with van der Waals surface area (Å²) in [5, 5.41) is 14.2. The van der Waals surface area contributed by atoms with Crippen molar-refractivity contribution in [2.75, 3.05) is 46.5 Å². The molecule has 1 aromatic carbocycles. The van der Waals surface area contributed by atoms with Gasteiger partial charge in [0.15, 0.2) is 11.6 Å². The topological polar surface area (TPSA) is 74.6 Å². The number of halogens is 2. The number of hydrogen-bond donors (Lipinski definition) is 1. The van der Waals surface area contributed by atoms with Gasteiger partial charge in [-0.15, -0.1) is 0 Å². The van der Waals surface area contributed by atoms with Crippen LogP contribution in [0.25, 0.3) is 0 Å². The molecule has 9 heteroatoms. The standard InChI is InChI=1S/C18H25F2N3O4/c1-18(2,17(24)25)22(3)21-12-13-4-5-14(16(20)15(13)19)27-11-8-23-6-9-26-10-7-23/h4-5,12H,6-11H2,1-3H3,(H,24,25). The number of benzene rings is 1. The highest BCUT2D eigenvalue weighted by Crippen LogP contribution is 2.22. The van der Waals surface area contributed by atoms with E-state index in [0.717, 1.165) is 19.3 Å². The molecule has 1 heterocycles. The first-order valence-corrected chi connectivity index (χ1v) is 8.65. The van der Waals surface area contributed by atoms with Crippen LogP contribution in [0.3, 0.4) is 0 Å². The molecule has 1 aliphatic rings. The molecule has 2 rings (SSSR count). The largest absolute Gasteiger partial charge is 0.489 e. The maximum atomic E-state index is 14.2. The van der Waals surface area contributed by atoms with Crippen molar-refractivity contribution in [3.05, 3.63) is 29.3 Å². The van der Waals surface area contributed by atoms with Crippen LogP contribution in [0.5, 0.6) is 5.75 Å². The predicted octanol–water partition coefficient (Wildman–Crippen LogP) is 1.80. The lowest BCUT2D eigenvalue weighted by molar-refractivity contribution is -0.148. The van der Waals surface area contributed by atoms with Gasteiger partial charge >= 0.3 is 5.97 Å². The number of aliphatic carboxylic acids is 1. The lowest BCUT2D eigenvalue weighted by Crippen LogP contribution is -2.45. The highest BCUT2D eigenvalue weighted by atomic mass is 19.2. The summed E-state index contributed by atoms with van der Waals surface area (Å²) in [7, 11) is 1.45. The van der Waals surface area contributed by atoms with Crippen LogP contribution in [0.1, 0.15) is 19.4 Å². The van der Waals surface area contributed by atoms with Crippen molar-refractivity contribution < 1.29 is 28.2 Å². The van der Waals surface area contributed by atoms with Crippen molar-refractivity contribution in [1.29, 1.82) is 0 Å². The van der Waals surface area contributed by atoms with E-state index in [1.54, 1.807) is 0 Å². The van der Waals surface area contributed by atoms with Crippen LogP contribution < -0.4 is 4.74 Å². The molecule has 1 aliphatic heterocycles. The van der Waals surface area contributed by atoms with E-state index in [1.807, 2.05) is 0 Å². The maximum absolute atomic E-state index is 14.2. The summed E-state index contributed by atoms with van der Waals surface area (Å²) < 4.78 is 39.1. The Bertz CT molecular complexity index is 691. The zero-order valence-corrected chi connectivity index (χ0v) is 15.7. The minimum absolute atomic E-state index is 0.0962. The van der Waals surface area contributed by atoms with Gasteiger partial charge in [-0.2, -0.15) is 9.49 Å². The molecule has 0 aromatic heterocycles. The Labute approximate surface area is 157 Å². The first-order chi connectivity index (χ1) is 12.7. The fourth-order valence-electron chi connectivity index (χ4n) is 2.30. The van der Waals surface area contributed by atoms with E-state index in [9.17, 15) is 13.6 Å². The van der Waals surface area contributed by atoms with Gasteiger partial charge < -0.3 is 14.6 Å². The number of rotatable bonds is 8. The summed E-state index contributed by atoms with van der Waals surface area (Å²) in [5.74, 6) is -3.44. The van der Waals surface area contributed by atoms with Gasteiger partial charge in [-0.3, -0.25) is 9.91 Å². The van der Waals surface area contributed by atoms with Gasteiger partial charge in [0.1, 0.15) is 12.1 Å². The second-order valence-corrected chi connectivity index (χ2v) is 6.72. The second-order valence-electron chi connectivity index (χ2n) is 6.72. The SMILES string of the molecule is CN(N=Cc1ccc(OCCN2CCOCC2)c(F)c1F)C(C)(C)C(=O)O. The maximum Gasteiger partial charge on any atom is 0.330 e. The summed E-state index contributed by atoms with van der Waals surface area (Å²) in [6, 6.07) is 2.68. The van der Waals surface area contributed by atoms with Crippen LogP contribution in [0, 0.1) is 11.6 Å². The molecule has 0 atom stereocenters. The van der Waals surface area contributed by atoms with Crippen LogP contribution in [0.4, 0.5) is 8.78 Å². The van der Waals surface area contributed by atoms with Crippen LogP contribution in [-0.2, 0) is 9.53 Å². The van der Waals surface area contributed by atoms with E-state index >= 15 is 0 Å². The molecule has 1 aromatic rings. The lowest BCUT2D eigenvalue weighted by atomic mass is 10.1. The summed E-state index contributed by atoms with van der Waals surface area (Å²) >= 11 is 0. The summed E-state index contributed by atoms with van der Waals surface area (Å²) in [6.07, 6.45) is 1.08. The molecule has 1 fully saturated rings. The van der Waals surface area contributed by atoms with E-state index in [4.69, 9.17) is 14.6 Å². The summed E-state index contributed by atoms with van der Waals surface area (Å²) in [5.41, 5.74) is -1.38. The Morgan fingerprint density at radius 3 is 2.67 bits per heavy atom. The number of nitrogens with zero attached hydrogens (tertiary/aromatic N) is 3. The fourth-order valence-corrected chi connectivity index (χ4v) is 2.30. The smallest absolute Gasteiger partial charge is 0.330 e. The molecule has 150 valence electrons. The van der Waals surface area contributed by atoms with Crippen LogP contribution in [0.2, 0.25) is 0 Å². The molecule has 0 aliphatic carbocycles. The lowest BCUT2D eigenvalue weighted by Gasteiger charge is -2.28. The Hall–Kier alpha value is -2.26. The van der Waals surface area contributed by atoms with Crippen LogP contribution in [0.15, 0.2) is 17.2 Å². The number of ether oxygens (including phenoxy) is 2. The van der Waals surface area contributed by atoms with Crippen molar-refractivity contribution in [3.63, 3.8) is 0 Å². The van der Waals surface area contributed by atoms with Gasteiger partial charge in [-0.05, 0) is 26.0 Å². The number of hydrogen-bond acceptors (Lipinski definition) is 6. The molecule has 0 amide bonds. The highest BCUT2D eigenvalue weighted by Gasteiger charge is 2.31. The fraction of sp³-hybridized carbons (Fsp3) is 0.556. The number of morpholine rings is 1. The van der Waals surface area contributed by atoms with Crippen molar-refractivity contribution >= 4 is 12.2 Å². The average molecular weight is 385 g/mol. The van der Waals surface area contributed by atoms with E-state index in [0.29, 0.717) is 19.8 Å². The monoisotopic (exact) mass is 385 g/mol. The molecular formula is C18H25F2N3O4. The van der Waals surface area contributed by atoms with Crippen LogP contribution >= 0.6 is 0 Å². The van der Waals surface area contributed by atoms with Crippen molar-refractivity contribution in [3.8, 4) is 5.75 Å². The summed E-state index contributed by atoms with van der Waals surface area (Å²) in [6.45, 7) is 6.63. The normalized spacial score (nSPS) is 15.9. The third-order valence-electron chi connectivity index (χ3n) is 4.55. The molecular weight excluding hydrogens is 360 g/mol. The molecule has 0 unspecified atom stereocenters. The zero-order chi connectivity index (χ0) is 20.0. The van der Waals surface area contributed by atoms with E-state index < -0.39 is 23.1 Å². The Morgan fingerprint density at radius 2 is 2.04 bits per heavy atom. The Morgan fingerprint density at radius 1 is 1.37 bits per heavy atom. The minimum Gasteiger partial charge on any atom is -0.489 e. The molecule has 0 saturated carbocycles. The molecule has 1 saturated heterocycles. The summed E-state index contributed by atoms with van der Waals surface area (Å²) in [4.78, 5) is 13.3. The van der Waals surface area contributed by atoms with Gasteiger partial charge in [-0.1, -0.05) is 0 Å². The van der Waals surface area contributed by atoms with Gasteiger partial charge in [-0.25, -0.2) is 9.18 Å². The quantitative estimate of drug-likeness (QED) is 0.543. The molecule has 0 spiro atoms. The number of hydrazone groups is 1. The first-order valence-electron chi connectivity index (χ1n) is 8.65.